The predicted octanol–water partition coefficient (Wildman–Crippen LogP) is -0.209. The number of ether oxygens (including phenoxy) is 1. The Hall–Kier alpha value is -1.08. The Morgan fingerprint density at radius 2 is 2.28 bits per heavy atom. The quantitative estimate of drug-likeness (QED) is 0.716. The molecule has 2 aromatic rings. The third-order valence-corrected chi connectivity index (χ3v) is 3.92. The number of fused-ring (bicyclic) bond motifs is 1. The van der Waals surface area contributed by atoms with Crippen LogP contribution >= 0.6 is 0 Å². The van der Waals surface area contributed by atoms with Crippen LogP contribution in [0.15, 0.2) is 12.3 Å². The van der Waals surface area contributed by atoms with E-state index in [1.165, 1.54) is 6.20 Å². The molecule has 2 rings (SSSR count). The molecule has 18 heavy (non-hydrogen) atoms. The van der Waals surface area contributed by atoms with Crippen LogP contribution in [0.5, 0.6) is 0 Å². The SMILES string of the molecule is CCOC(=O)c1cnn2c(C)cc([CH2][InH])nc12.O. The Labute approximate surface area is 119 Å². The van der Waals surface area contributed by atoms with Gasteiger partial charge in [-0.1, -0.05) is 0 Å². The number of nitrogens with zero attached hydrogens (tertiary/aromatic N) is 3. The van der Waals surface area contributed by atoms with Crippen LogP contribution in [0.1, 0.15) is 28.7 Å². The van der Waals surface area contributed by atoms with E-state index in [-0.39, 0.29) is 11.4 Å². The van der Waals surface area contributed by atoms with E-state index in [0.29, 0.717) is 17.8 Å². The van der Waals surface area contributed by atoms with Crippen LogP contribution in [0.4, 0.5) is 0 Å². The van der Waals surface area contributed by atoms with Crippen molar-refractivity contribution in [3.63, 3.8) is 0 Å². The monoisotopic (exact) mass is 352 g/mol. The topological polar surface area (TPSA) is 88.0 Å². The van der Waals surface area contributed by atoms with E-state index in [1.54, 1.807) is 11.4 Å². The van der Waals surface area contributed by atoms with E-state index in [9.17, 15) is 4.79 Å². The first kappa shape index (κ1) is 15.0. The van der Waals surface area contributed by atoms with Crippen LogP contribution in [0.25, 0.3) is 5.65 Å². The Bertz CT molecular complexity index is 568. The zero-order valence-corrected chi connectivity index (χ0v) is 14.5. The molecule has 2 heterocycles. The van der Waals surface area contributed by atoms with E-state index in [4.69, 9.17) is 4.74 Å². The summed E-state index contributed by atoms with van der Waals surface area (Å²) in [6, 6.07) is 2.01. The van der Waals surface area contributed by atoms with Crippen LogP contribution in [-0.2, 0) is 8.91 Å². The van der Waals surface area contributed by atoms with Crippen molar-refractivity contribution in [3.8, 4) is 0 Å². The fraction of sp³-hybridized carbons (Fsp3) is 0.364. The molecule has 0 atom stereocenters. The van der Waals surface area contributed by atoms with Crippen molar-refractivity contribution >= 4 is 36.0 Å². The molecule has 0 aliphatic rings. The summed E-state index contributed by atoms with van der Waals surface area (Å²) in [6.45, 7) is 4.10. The van der Waals surface area contributed by atoms with Gasteiger partial charge in [0.05, 0.1) is 0 Å². The smallest absolute Gasteiger partial charge is 0.412 e. The van der Waals surface area contributed by atoms with Crippen molar-refractivity contribution in [2.75, 3.05) is 6.61 Å². The van der Waals surface area contributed by atoms with Gasteiger partial charge in [0.25, 0.3) is 0 Å². The van der Waals surface area contributed by atoms with Gasteiger partial charge >= 0.3 is 114 Å². The largest absolute Gasteiger partial charge is 0.412 e. The van der Waals surface area contributed by atoms with Gasteiger partial charge in [0.15, 0.2) is 0 Å². The van der Waals surface area contributed by atoms with E-state index in [1.807, 2.05) is 13.0 Å². The van der Waals surface area contributed by atoms with E-state index >= 15 is 0 Å². The summed E-state index contributed by atoms with van der Waals surface area (Å²) in [5.41, 5.74) is 3.05. The molecular formula is C11H15InN3O3. The summed E-state index contributed by atoms with van der Waals surface area (Å²) in [5, 5.41) is 4.16. The van der Waals surface area contributed by atoms with E-state index < -0.39 is 0 Å². The molecule has 0 aliphatic heterocycles. The van der Waals surface area contributed by atoms with Gasteiger partial charge in [0.1, 0.15) is 0 Å². The van der Waals surface area contributed by atoms with Crippen LogP contribution < -0.4 is 0 Å². The van der Waals surface area contributed by atoms with Gasteiger partial charge in [-0.25, -0.2) is 0 Å². The molecular weight excluding hydrogens is 337 g/mol. The van der Waals surface area contributed by atoms with Crippen LogP contribution in [-0.4, -0.2) is 57.0 Å². The minimum Gasteiger partial charge on any atom is -0.412 e. The number of carbonyl (C=O) groups is 1. The maximum Gasteiger partial charge on any atom is -0.412 e. The zero-order chi connectivity index (χ0) is 12.4. The number of rotatable bonds is 3. The molecule has 0 saturated heterocycles. The standard InChI is InChI=1S/C11H12N3O2.In.H2O.H/c1-4-16-11(15)9-6-12-14-8(3)5-7(2)13-10(9)14;;;/h5-6H,2,4H2,1,3H3;;1H2;. The molecule has 2 aromatic heterocycles. The first-order chi connectivity index (χ1) is 8.17. The van der Waals surface area contributed by atoms with Crippen molar-refractivity contribution in [3.05, 3.63) is 29.2 Å². The van der Waals surface area contributed by atoms with Gasteiger partial charge in [-0.2, -0.15) is 0 Å². The molecule has 0 aromatic carbocycles. The summed E-state index contributed by atoms with van der Waals surface area (Å²) in [4.78, 5) is 16.2. The second kappa shape index (κ2) is 6.19. The van der Waals surface area contributed by atoms with Crippen molar-refractivity contribution in [1.82, 2.24) is 14.6 Å². The van der Waals surface area contributed by atoms with Gasteiger partial charge in [-0.15, -0.1) is 0 Å². The zero-order valence-electron chi connectivity index (χ0n) is 10.4. The molecule has 0 aliphatic carbocycles. The molecule has 0 fully saturated rings. The third kappa shape index (κ3) is 2.67. The van der Waals surface area contributed by atoms with Crippen molar-refractivity contribution in [2.45, 2.75) is 18.0 Å². The number of aryl methyl sites for hydroxylation is 1. The first-order valence-corrected chi connectivity index (χ1v) is 8.33. The predicted molar refractivity (Wildman–Crippen MR) is 68.1 cm³/mol. The molecule has 95 valence electrons. The van der Waals surface area contributed by atoms with Crippen molar-refractivity contribution < 1.29 is 15.0 Å². The van der Waals surface area contributed by atoms with Gasteiger partial charge in [0.2, 0.25) is 0 Å². The fourth-order valence-corrected chi connectivity index (χ4v) is 2.39. The maximum atomic E-state index is 11.7. The van der Waals surface area contributed by atoms with Gasteiger partial charge < -0.3 is 5.48 Å². The van der Waals surface area contributed by atoms with Crippen LogP contribution in [0, 0.1) is 6.92 Å². The normalized spacial score (nSPS) is 10.1. The summed E-state index contributed by atoms with van der Waals surface area (Å²) >= 11 is 0.827. The molecule has 1 radical (unpaired) electrons. The van der Waals surface area contributed by atoms with Crippen LogP contribution in [0.2, 0.25) is 0 Å². The van der Waals surface area contributed by atoms with Gasteiger partial charge in [-0.05, 0) is 0 Å². The number of hydrogen-bond donors (Lipinski definition) is 0. The van der Waals surface area contributed by atoms with Crippen molar-refractivity contribution in [2.24, 2.45) is 0 Å². The molecule has 0 unspecified atom stereocenters. The van der Waals surface area contributed by atoms with E-state index in [2.05, 4.69) is 10.1 Å². The Kier molecular flexibility index (Phi) is 5.15. The minimum absolute atomic E-state index is 0. The number of carbonyl (C=O) groups excluding carboxylic acids is 1. The van der Waals surface area contributed by atoms with E-state index in [0.717, 1.165) is 39.9 Å². The molecule has 0 amide bonds. The van der Waals surface area contributed by atoms with Crippen LogP contribution in [0.3, 0.4) is 0 Å². The third-order valence-electron chi connectivity index (χ3n) is 2.45. The number of esters is 1. The molecule has 0 saturated carbocycles. The molecule has 6 nitrogen and oxygen atoms in total. The average molecular weight is 352 g/mol. The first-order valence-electron chi connectivity index (χ1n) is 5.48. The second-order valence-corrected chi connectivity index (χ2v) is 5.08. The fourth-order valence-electron chi connectivity index (χ4n) is 1.66. The summed E-state index contributed by atoms with van der Waals surface area (Å²) in [6.07, 6.45) is 1.52. The van der Waals surface area contributed by atoms with Gasteiger partial charge in [-0.3, -0.25) is 0 Å². The molecule has 7 heteroatoms. The average Bonchev–Trinajstić information content (AvgIpc) is 2.73. The maximum absolute atomic E-state index is 11.7. The summed E-state index contributed by atoms with van der Waals surface area (Å²) in [5.74, 6) is -0.359. The second-order valence-electron chi connectivity index (χ2n) is 3.65. The summed E-state index contributed by atoms with van der Waals surface area (Å²) < 4.78 is 7.66. The Balaban J connectivity index is 0.00000162. The Morgan fingerprint density at radius 3 is 2.89 bits per heavy atom. The summed E-state index contributed by atoms with van der Waals surface area (Å²) in [7, 11) is 0. The number of hydrogen-bond acceptors (Lipinski definition) is 4. The number of aromatic nitrogens is 3. The van der Waals surface area contributed by atoms with Gasteiger partial charge in [0, 0.05) is 0 Å². The molecule has 0 bridgehead atoms. The minimum atomic E-state index is -0.359. The molecule has 0 spiro atoms. The molecule has 2 N–H and O–H groups in total. The Morgan fingerprint density at radius 1 is 1.56 bits per heavy atom. The van der Waals surface area contributed by atoms with Crippen molar-refractivity contribution in [1.29, 1.82) is 0 Å².